The van der Waals surface area contributed by atoms with Crippen LogP contribution in [0.2, 0.25) is 0 Å². The maximum atomic E-state index is 12.1. The van der Waals surface area contributed by atoms with Gasteiger partial charge in [-0.1, -0.05) is 5.16 Å². The maximum absolute atomic E-state index is 12.1. The molecule has 1 atom stereocenters. The van der Waals surface area contributed by atoms with Crippen LogP contribution in [0.4, 0.5) is 5.69 Å². The van der Waals surface area contributed by atoms with Crippen molar-refractivity contribution in [2.24, 2.45) is 5.92 Å². The van der Waals surface area contributed by atoms with Crippen LogP contribution < -0.4 is 5.32 Å². The fourth-order valence-corrected chi connectivity index (χ4v) is 2.05. The number of likely N-dealkylation sites (tertiary alicyclic amines) is 1. The Morgan fingerprint density at radius 2 is 2.22 bits per heavy atom. The third kappa shape index (κ3) is 2.37. The van der Waals surface area contributed by atoms with Gasteiger partial charge in [-0.25, -0.2) is 0 Å². The van der Waals surface area contributed by atoms with E-state index in [1.807, 2.05) is 0 Å². The number of carbonyl (C=O) groups excluding carboxylic acids is 2. The van der Waals surface area contributed by atoms with Crippen molar-refractivity contribution in [2.75, 3.05) is 18.9 Å². The Hall–Kier alpha value is -1.85. The fraction of sp³-hybridized carbons (Fsp3) is 0.583. The first kappa shape index (κ1) is 12.6. The van der Waals surface area contributed by atoms with Crippen molar-refractivity contribution in [3.05, 3.63) is 11.5 Å². The molecule has 0 aliphatic carbocycles. The van der Waals surface area contributed by atoms with E-state index in [-0.39, 0.29) is 24.2 Å². The minimum absolute atomic E-state index is 0.0140. The molecule has 1 N–H and O–H groups in total. The van der Waals surface area contributed by atoms with Crippen molar-refractivity contribution in [1.29, 1.82) is 0 Å². The highest BCUT2D eigenvalue weighted by Crippen LogP contribution is 2.23. The Balaban J connectivity index is 2.03. The number of anilines is 1. The van der Waals surface area contributed by atoms with Gasteiger partial charge in [0.05, 0.1) is 0 Å². The largest absolute Gasteiger partial charge is 0.359 e. The van der Waals surface area contributed by atoms with Crippen molar-refractivity contribution in [3.8, 4) is 0 Å². The minimum Gasteiger partial charge on any atom is -0.359 e. The topological polar surface area (TPSA) is 75.4 Å². The van der Waals surface area contributed by atoms with Gasteiger partial charge in [-0.05, 0) is 20.3 Å². The lowest BCUT2D eigenvalue weighted by Crippen LogP contribution is -2.40. The number of rotatable bonds is 2. The predicted molar refractivity (Wildman–Crippen MR) is 65.0 cm³/mol. The van der Waals surface area contributed by atoms with Crippen LogP contribution in [0.15, 0.2) is 4.52 Å². The van der Waals surface area contributed by atoms with Crippen molar-refractivity contribution >= 4 is 17.5 Å². The monoisotopic (exact) mass is 251 g/mol. The number of carbonyl (C=O) groups is 2. The molecule has 1 aromatic rings. The van der Waals surface area contributed by atoms with Crippen molar-refractivity contribution < 1.29 is 14.1 Å². The normalized spacial score (nSPS) is 20.1. The highest BCUT2D eigenvalue weighted by atomic mass is 16.5. The molecule has 6 heteroatoms. The molecule has 18 heavy (non-hydrogen) atoms. The smallest absolute Gasteiger partial charge is 0.228 e. The molecule has 1 aliphatic rings. The molecule has 0 saturated carbocycles. The SMILES string of the molecule is Cc1noc(C)c1NC(=O)C1CCN(C)C(=O)C1. The molecule has 1 saturated heterocycles. The van der Waals surface area contributed by atoms with Gasteiger partial charge in [0.15, 0.2) is 5.76 Å². The van der Waals surface area contributed by atoms with Crippen LogP contribution >= 0.6 is 0 Å². The average molecular weight is 251 g/mol. The molecule has 2 amide bonds. The molecule has 1 aliphatic heterocycles. The van der Waals surface area contributed by atoms with Gasteiger partial charge >= 0.3 is 0 Å². The molecule has 0 radical (unpaired) electrons. The van der Waals surface area contributed by atoms with E-state index in [9.17, 15) is 9.59 Å². The van der Waals surface area contributed by atoms with E-state index in [1.165, 1.54) is 0 Å². The maximum Gasteiger partial charge on any atom is 0.228 e. The highest BCUT2D eigenvalue weighted by Gasteiger charge is 2.29. The molecule has 0 spiro atoms. The fourth-order valence-electron chi connectivity index (χ4n) is 2.05. The van der Waals surface area contributed by atoms with Crippen LogP contribution in [0.25, 0.3) is 0 Å². The summed E-state index contributed by atoms with van der Waals surface area (Å²) in [5, 5.41) is 6.57. The summed E-state index contributed by atoms with van der Waals surface area (Å²) in [7, 11) is 1.75. The molecule has 0 aromatic carbocycles. The second-order valence-electron chi connectivity index (χ2n) is 4.69. The zero-order valence-corrected chi connectivity index (χ0v) is 10.8. The van der Waals surface area contributed by atoms with E-state index in [1.54, 1.807) is 25.8 Å². The van der Waals surface area contributed by atoms with E-state index < -0.39 is 0 Å². The first-order chi connectivity index (χ1) is 8.49. The Morgan fingerprint density at radius 1 is 1.50 bits per heavy atom. The zero-order valence-electron chi connectivity index (χ0n) is 10.8. The Kier molecular flexibility index (Phi) is 3.36. The molecule has 1 aromatic heterocycles. The van der Waals surface area contributed by atoms with Gasteiger partial charge in [-0.3, -0.25) is 9.59 Å². The van der Waals surface area contributed by atoms with E-state index in [2.05, 4.69) is 10.5 Å². The first-order valence-electron chi connectivity index (χ1n) is 5.96. The summed E-state index contributed by atoms with van der Waals surface area (Å²) in [6, 6.07) is 0. The molecule has 6 nitrogen and oxygen atoms in total. The number of aromatic nitrogens is 1. The van der Waals surface area contributed by atoms with E-state index in [0.717, 1.165) is 0 Å². The van der Waals surface area contributed by atoms with Crippen LogP contribution in [0.1, 0.15) is 24.3 Å². The van der Waals surface area contributed by atoms with Crippen LogP contribution in [-0.2, 0) is 9.59 Å². The van der Waals surface area contributed by atoms with Gasteiger partial charge in [0.1, 0.15) is 11.4 Å². The second kappa shape index (κ2) is 4.80. The van der Waals surface area contributed by atoms with Gasteiger partial charge in [0.2, 0.25) is 11.8 Å². The molecule has 1 unspecified atom stereocenters. The quantitative estimate of drug-likeness (QED) is 0.854. The highest BCUT2D eigenvalue weighted by molar-refractivity contribution is 5.96. The third-order valence-electron chi connectivity index (χ3n) is 3.31. The van der Waals surface area contributed by atoms with E-state index >= 15 is 0 Å². The molecule has 2 rings (SSSR count). The van der Waals surface area contributed by atoms with Gasteiger partial charge in [0, 0.05) is 25.9 Å². The summed E-state index contributed by atoms with van der Waals surface area (Å²) in [5.74, 6) is 0.202. The van der Waals surface area contributed by atoms with Crippen molar-refractivity contribution in [2.45, 2.75) is 26.7 Å². The number of piperidine rings is 1. The third-order valence-corrected chi connectivity index (χ3v) is 3.31. The second-order valence-corrected chi connectivity index (χ2v) is 4.69. The number of amides is 2. The Bertz CT molecular complexity index is 461. The predicted octanol–water partition coefficient (Wildman–Crippen LogP) is 1.10. The summed E-state index contributed by atoms with van der Waals surface area (Å²) in [4.78, 5) is 25.3. The summed E-state index contributed by atoms with van der Waals surface area (Å²) in [5.41, 5.74) is 1.27. The lowest BCUT2D eigenvalue weighted by molar-refractivity contribution is -0.137. The summed E-state index contributed by atoms with van der Waals surface area (Å²) in [6.07, 6.45) is 0.961. The lowest BCUT2D eigenvalue weighted by atomic mass is 9.95. The molecular formula is C12H17N3O3. The van der Waals surface area contributed by atoms with Crippen molar-refractivity contribution in [3.63, 3.8) is 0 Å². The van der Waals surface area contributed by atoms with Crippen LogP contribution in [-0.4, -0.2) is 35.5 Å². The summed E-state index contributed by atoms with van der Waals surface area (Å²) in [6.45, 7) is 4.14. The number of hydrogen-bond acceptors (Lipinski definition) is 4. The first-order valence-corrected chi connectivity index (χ1v) is 5.96. The molecule has 98 valence electrons. The van der Waals surface area contributed by atoms with Crippen LogP contribution in [0, 0.1) is 19.8 Å². The molecule has 1 fully saturated rings. The summed E-state index contributed by atoms with van der Waals surface area (Å²) < 4.78 is 4.98. The number of aryl methyl sites for hydroxylation is 2. The molecular weight excluding hydrogens is 234 g/mol. The molecule has 2 heterocycles. The molecule has 0 bridgehead atoms. The average Bonchev–Trinajstić information content (AvgIpc) is 2.64. The number of nitrogens with zero attached hydrogens (tertiary/aromatic N) is 2. The van der Waals surface area contributed by atoms with Crippen molar-refractivity contribution in [1.82, 2.24) is 10.1 Å². The van der Waals surface area contributed by atoms with E-state index in [4.69, 9.17) is 4.52 Å². The Labute approximate surface area is 105 Å². The van der Waals surface area contributed by atoms with Crippen LogP contribution in [0.3, 0.4) is 0 Å². The summed E-state index contributed by atoms with van der Waals surface area (Å²) >= 11 is 0. The van der Waals surface area contributed by atoms with Gasteiger partial charge in [0.25, 0.3) is 0 Å². The van der Waals surface area contributed by atoms with E-state index in [0.29, 0.717) is 30.1 Å². The van der Waals surface area contributed by atoms with Gasteiger partial charge < -0.3 is 14.7 Å². The number of hydrogen-bond donors (Lipinski definition) is 1. The minimum atomic E-state index is -0.262. The Morgan fingerprint density at radius 3 is 2.78 bits per heavy atom. The zero-order chi connectivity index (χ0) is 13.3. The lowest BCUT2D eigenvalue weighted by Gasteiger charge is -2.27. The van der Waals surface area contributed by atoms with Crippen LogP contribution in [0.5, 0.6) is 0 Å². The standard InChI is InChI=1S/C12H17N3O3/c1-7-11(8(2)18-14-7)13-12(17)9-4-5-15(3)10(16)6-9/h9H,4-6H2,1-3H3,(H,13,17). The number of nitrogens with one attached hydrogen (secondary N) is 1. The van der Waals surface area contributed by atoms with Gasteiger partial charge in [-0.15, -0.1) is 0 Å². The van der Waals surface area contributed by atoms with Gasteiger partial charge in [-0.2, -0.15) is 0 Å².